The molecular weight excluding hydrogens is 352 g/mol. The lowest BCUT2D eigenvalue weighted by Crippen LogP contribution is -2.37. The van der Waals surface area contributed by atoms with Crippen LogP contribution in [-0.4, -0.2) is 17.9 Å². The molecule has 5 heteroatoms. The van der Waals surface area contributed by atoms with E-state index in [0.717, 1.165) is 11.3 Å². The van der Waals surface area contributed by atoms with Gasteiger partial charge in [0.25, 0.3) is 5.91 Å². The Balaban J connectivity index is 1.59. The van der Waals surface area contributed by atoms with Gasteiger partial charge < -0.3 is 0 Å². The number of hydrogen-bond acceptors (Lipinski definition) is 4. The van der Waals surface area contributed by atoms with Crippen LogP contribution in [0.15, 0.2) is 91.0 Å². The van der Waals surface area contributed by atoms with Gasteiger partial charge in [0.05, 0.1) is 17.4 Å². The zero-order chi connectivity index (χ0) is 19.1. The predicted octanol–water partition coefficient (Wildman–Crippen LogP) is 3.74. The third kappa shape index (κ3) is 2.52. The quantitative estimate of drug-likeness (QED) is 0.659. The Kier molecular flexibility index (Phi) is 3.95. The van der Waals surface area contributed by atoms with E-state index < -0.39 is 12.0 Å². The fourth-order valence-corrected chi connectivity index (χ4v) is 4.03. The molecule has 2 aliphatic rings. The minimum atomic E-state index is -0.835. The second kappa shape index (κ2) is 6.62. The van der Waals surface area contributed by atoms with Gasteiger partial charge in [0.15, 0.2) is 6.10 Å². The normalized spacial score (nSPS) is 23.9. The summed E-state index contributed by atoms with van der Waals surface area (Å²) in [6.07, 6.45) is -0.835. The molecule has 5 rings (SSSR count). The molecule has 0 aliphatic carbocycles. The van der Waals surface area contributed by atoms with E-state index in [0.29, 0.717) is 5.69 Å². The molecule has 2 saturated heterocycles. The number of rotatable bonds is 3. The van der Waals surface area contributed by atoms with Crippen LogP contribution in [0.4, 0.5) is 11.4 Å². The number of carbonyl (C=O) groups is 2. The van der Waals surface area contributed by atoms with Crippen molar-refractivity contribution in [3.8, 4) is 0 Å². The van der Waals surface area contributed by atoms with Crippen molar-refractivity contribution >= 4 is 23.2 Å². The monoisotopic (exact) mass is 370 g/mol. The number of imide groups is 1. The molecule has 0 saturated carbocycles. The van der Waals surface area contributed by atoms with Crippen LogP contribution in [0.3, 0.4) is 0 Å². The van der Waals surface area contributed by atoms with Gasteiger partial charge in [-0.3, -0.25) is 14.4 Å². The molecule has 2 fully saturated rings. The topological polar surface area (TPSA) is 49.9 Å². The Morgan fingerprint density at radius 3 is 1.79 bits per heavy atom. The van der Waals surface area contributed by atoms with Crippen LogP contribution in [-0.2, 0) is 14.4 Å². The molecule has 0 spiro atoms. The van der Waals surface area contributed by atoms with Gasteiger partial charge in [-0.05, 0) is 29.8 Å². The van der Waals surface area contributed by atoms with E-state index in [1.54, 1.807) is 17.2 Å². The summed E-state index contributed by atoms with van der Waals surface area (Å²) in [5, 5.41) is 1.71. The Morgan fingerprint density at radius 2 is 1.18 bits per heavy atom. The average Bonchev–Trinajstić information content (AvgIpc) is 3.26. The zero-order valence-electron chi connectivity index (χ0n) is 15.0. The number of fused-ring (bicyclic) bond motifs is 1. The lowest BCUT2D eigenvalue weighted by molar-refractivity contribution is -0.126. The molecular formula is C23H18N2O3. The van der Waals surface area contributed by atoms with Crippen molar-refractivity contribution in [2.24, 2.45) is 5.92 Å². The van der Waals surface area contributed by atoms with E-state index in [-0.39, 0.29) is 17.9 Å². The van der Waals surface area contributed by atoms with Gasteiger partial charge >= 0.3 is 0 Å². The molecule has 3 aromatic rings. The Hall–Kier alpha value is -3.44. The molecule has 3 aromatic carbocycles. The molecule has 0 N–H and O–H groups in total. The molecule has 2 aliphatic heterocycles. The van der Waals surface area contributed by atoms with Crippen LogP contribution in [0.5, 0.6) is 0 Å². The predicted molar refractivity (Wildman–Crippen MR) is 105 cm³/mol. The highest BCUT2D eigenvalue weighted by atomic mass is 16.7. The summed E-state index contributed by atoms with van der Waals surface area (Å²) >= 11 is 0. The first-order valence-corrected chi connectivity index (χ1v) is 9.24. The van der Waals surface area contributed by atoms with Gasteiger partial charge in [-0.25, -0.2) is 9.96 Å². The lowest BCUT2D eigenvalue weighted by atomic mass is 9.90. The number of hydroxylamine groups is 1. The molecule has 28 heavy (non-hydrogen) atoms. The SMILES string of the molecule is O=C1[C@H]2[C@@H](ON(c3ccccc3)[C@H]2c2ccccc2)C(=O)N1c1ccccc1. The fourth-order valence-electron chi connectivity index (χ4n) is 4.03. The highest BCUT2D eigenvalue weighted by molar-refractivity contribution is 6.23. The minimum Gasteiger partial charge on any atom is -0.273 e. The summed E-state index contributed by atoms with van der Waals surface area (Å²) in [5.74, 6) is -1.15. The summed E-state index contributed by atoms with van der Waals surface area (Å²) in [6.45, 7) is 0. The number of carbonyl (C=O) groups excluding carboxylic acids is 2. The number of benzene rings is 3. The number of para-hydroxylation sites is 2. The van der Waals surface area contributed by atoms with E-state index in [4.69, 9.17) is 4.84 Å². The molecule has 0 aromatic heterocycles. The van der Waals surface area contributed by atoms with Crippen LogP contribution in [0.1, 0.15) is 11.6 Å². The Bertz CT molecular complexity index is 1010. The van der Waals surface area contributed by atoms with E-state index in [2.05, 4.69) is 0 Å². The van der Waals surface area contributed by atoms with E-state index in [9.17, 15) is 9.59 Å². The molecule has 3 atom stereocenters. The van der Waals surface area contributed by atoms with E-state index in [1.165, 1.54) is 4.90 Å². The maximum absolute atomic E-state index is 13.4. The van der Waals surface area contributed by atoms with E-state index >= 15 is 0 Å². The number of anilines is 2. The standard InChI is InChI=1S/C23H18N2O3/c26-22-19-20(16-10-4-1-5-11-16)25(18-14-8-3-9-15-18)28-21(19)23(27)24(22)17-12-6-2-7-13-17/h1-15,19-21H/t19-,20+,21-/m1/s1. The van der Waals surface area contributed by atoms with Gasteiger partial charge in [-0.15, -0.1) is 0 Å². The highest BCUT2D eigenvalue weighted by Crippen LogP contribution is 2.47. The van der Waals surface area contributed by atoms with Crippen LogP contribution in [0.25, 0.3) is 0 Å². The van der Waals surface area contributed by atoms with Crippen molar-refractivity contribution in [2.75, 3.05) is 9.96 Å². The fraction of sp³-hybridized carbons (Fsp3) is 0.130. The molecule has 138 valence electrons. The van der Waals surface area contributed by atoms with Crippen molar-refractivity contribution in [2.45, 2.75) is 12.1 Å². The van der Waals surface area contributed by atoms with Crippen LogP contribution >= 0.6 is 0 Å². The number of amides is 2. The molecule has 2 heterocycles. The number of hydrogen-bond donors (Lipinski definition) is 0. The molecule has 0 bridgehead atoms. The zero-order valence-corrected chi connectivity index (χ0v) is 15.0. The van der Waals surface area contributed by atoms with Gasteiger partial charge in [0.2, 0.25) is 5.91 Å². The first kappa shape index (κ1) is 16.7. The summed E-state index contributed by atoms with van der Waals surface area (Å²) in [4.78, 5) is 33.8. The van der Waals surface area contributed by atoms with Crippen LogP contribution in [0.2, 0.25) is 0 Å². The Labute approximate surface area is 162 Å². The molecule has 5 nitrogen and oxygen atoms in total. The van der Waals surface area contributed by atoms with E-state index in [1.807, 2.05) is 78.9 Å². The van der Waals surface area contributed by atoms with Crippen molar-refractivity contribution in [3.63, 3.8) is 0 Å². The first-order chi connectivity index (χ1) is 13.8. The van der Waals surface area contributed by atoms with Crippen LogP contribution < -0.4 is 9.96 Å². The second-order valence-corrected chi connectivity index (χ2v) is 6.92. The van der Waals surface area contributed by atoms with Crippen molar-refractivity contribution in [1.29, 1.82) is 0 Å². The maximum Gasteiger partial charge on any atom is 0.266 e. The molecule has 0 unspecified atom stereocenters. The third-order valence-corrected chi connectivity index (χ3v) is 5.28. The minimum absolute atomic E-state index is 0.228. The average molecular weight is 370 g/mol. The molecule has 2 amide bonds. The van der Waals surface area contributed by atoms with Gasteiger partial charge in [0, 0.05) is 0 Å². The largest absolute Gasteiger partial charge is 0.273 e. The van der Waals surface area contributed by atoms with Gasteiger partial charge in [0.1, 0.15) is 5.92 Å². The van der Waals surface area contributed by atoms with Crippen molar-refractivity contribution in [3.05, 3.63) is 96.6 Å². The molecule has 0 radical (unpaired) electrons. The first-order valence-electron chi connectivity index (χ1n) is 9.24. The summed E-state index contributed by atoms with van der Waals surface area (Å²) < 4.78 is 0. The van der Waals surface area contributed by atoms with Crippen molar-refractivity contribution < 1.29 is 14.4 Å². The third-order valence-electron chi connectivity index (χ3n) is 5.28. The smallest absolute Gasteiger partial charge is 0.266 e. The van der Waals surface area contributed by atoms with Gasteiger partial charge in [-0.1, -0.05) is 66.7 Å². The lowest BCUT2D eigenvalue weighted by Gasteiger charge is -2.28. The highest BCUT2D eigenvalue weighted by Gasteiger charge is 2.60. The summed E-state index contributed by atoms with van der Waals surface area (Å²) in [6, 6.07) is 28.0. The summed E-state index contributed by atoms with van der Waals surface area (Å²) in [5.41, 5.74) is 2.33. The second-order valence-electron chi connectivity index (χ2n) is 6.92. The van der Waals surface area contributed by atoms with Crippen molar-refractivity contribution in [1.82, 2.24) is 0 Å². The van der Waals surface area contributed by atoms with Gasteiger partial charge in [-0.2, -0.15) is 0 Å². The number of nitrogens with zero attached hydrogens (tertiary/aromatic N) is 2. The van der Waals surface area contributed by atoms with Crippen LogP contribution in [0, 0.1) is 5.92 Å². The maximum atomic E-state index is 13.4. The Morgan fingerprint density at radius 1 is 0.643 bits per heavy atom. The summed E-state index contributed by atoms with van der Waals surface area (Å²) in [7, 11) is 0.